The van der Waals surface area contributed by atoms with Crippen molar-refractivity contribution in [3.63, 3.8) is 0 Å². The molecule has 0 saturated carbocycles. The molecule has 2 aromatic rings. The molecule has 2 aliphatic rings. The van der Waals surface area contributed by atoms with Crippen molar-refractivity contribution in [1.82, 2.24) is 19.7 Å². The van der Waals surface area contributed by atoms with Gasteiger partial charge in [0, 0.05) is 31.0 Å². The third-order valence-corrected chi connectivity index (χ3v) is 4.60. The summed E-state index contributed by atoms with van der Waals surface area (Å²) >= 11 is 6.14. The van der Waals surface area contributed by atoms with Gasteiger partial charge in [0.15, 0.2) is 5.65 Å². The minimum absolute atomic E-state index is 0.243. The SMILES string of the molecule is CC(C)n1ncc2c(N3C[C@H]4COC[C@H]4C3)nc(Cl)nc21. The lowest BCUT2D eigenvalue weighted by atomic mass is 10.0. The molecule has 0 N–H and O–H groups in total. The Kier molecular flexibility index (Phi) is 3.04. The Morgan fingerprint density at radius 3 is 2.62 bits per heavy atom. The number of aromatic nitrogens is 4. The molecule has 6 nitrogen and oxygen atoms in total. The predicted molar refractivity (Wildman–Crippen MR) is 80.7 cm³/mol. The summed E-state index contributed by atoms with van der Waals surface area (Å²) in [6.45, 7) is 7.82. The molecular weight excluding hydrogens is 290 g/mol. The van der Waals surface area contributed by atoms with Gasteiger partial charge in [-0.1, -0.05) is 0 Å². The highest BCUT2D eigenvalue weighted by atomic mass is 35.5. The van der Waals surface area contributed by atoms with Gasteiger partial charge >= 0.3 is 0 Å². The molecule has 2 aliphatic heterocycles. The van der Waals surface area contributed by atoms with Gasteiger partial charge < -0.3 is 9.64 Å². The van der Waals surface area contributed by atoms with E-state index in [2.05, 4.69) is 33.8 Å². The van der Waals surface area contributed by atoms with Crippen LogP contribution in [-0.4, -0.2) is 46.1 Å². The lowest BCUT2D eigenvalue weighted by Gasteiger charge is -2.19. The molecule has 4 heterocycles. The van der Waals surface area contributed by atoms with E-state index in [0.717, 1.165) is 43.2 Å². The molecule has 7 heteroatoms. The number of rotatable bonds is 2. The summed E-state index contributed by atoms with van der Waals surface area (Å²) in [5.41, 5.74) is 0.813. The summed E-state index contributed by atoms with van der Waals surface area (Å²) in [7, 11) is 0. The fraction of sp³-hybridized carbons (Fsp3) is 0.643. The first-order valence-electron chi connectivity index (χ1n) is 7.37. The van der Waals surface area contributed by atoms with Crippen molar-refractivity contribution in [3.8, 4) is 0 Å². The second-order valence-corrected chi connectivity index (χ2v) is 6.54. The van der Waals surface area contributed by atoms with Gasteiger partial charge in [0.05, 0.1) is 24.8 Å². The van der Waals surface area contributed by atoms with Crippen LogP contribution in [-0.2, 0) is 4.74 Å². The van der Waals surface area contributed by atoms with Crippen LogP contribution in [0.3, 0.4) is 0 Å². The van der Waals surface area contributed by atoms with Gasteiger partial charge in [0.1, 0.15) is 5.82 Å². The average Bonchev–Trinajstić information content (AvgIpc) is 3.10. The van der Waals surface area contributed by atoms with Crippen molar-refractivity contribution < 1.29 is 4.74 Å². The molecule has 2 atom stereocenters. The average molecular weight is 308 g/mol. The van der Waals surface area contributed by atoms with E-state index in [1.54, 1.807) is 0 Å². The van der Waals surface area contributed by atoms with Gasteiger partial charge in [-0.05, 0) is 25.4 Å². The minimum atomic E-state index is 0.243. The first-order chi connectivity index (χ1) is 10.1. The molecular formula is C14H18ClN5O. The highest BCUT2D eigenvalue weighted by Gasteiger charge is 2.38. The molecule has 2 saturated heterocycles. The maximum atomic E-state index is 6.14. The lowest BCUT2D eigenvalue weighted by molar-refractivity contribution is 0.177. The van der Waals surface area contributed by atoms with Crippen LogP contribution in [0.15, 0.2) is 6.20 Å². The Balaban J connectivity index is 1.78. The van der Waals surface area contributed by atoms with E-state index in [1.165, 1.54) is 0 Å². The van der Waals surface area contributed by atoms with Crippen molar-refractivity contribution in [2.24, 2.45) is 11.8 Å². The van der Waals surface area contributed by atoms with Crippen LogP contribution in [0.2, 0.25) is 5.28 Å². The monoisotopic (exact) mass is 307 g/mol. The van der Waals surface area contributed by atoms with Crippen molar-refractivity contribution in [2.45, 2.75) is 19.9 Å². The maximum Gasteiger partial charge on any atom is 0.226 e. The summed E-state index contributed by atoms with van der Waals surface area (Å²) in [6.07, 6.45) is 1.85. The van der Waals surface area contributed by atoms with E-state index in [0.29, 0.717) is 11.8 Å². The molecule has 0 aromatic carbocycles. The number of hydrogen-bond acceptors (Lipinski definition) is 5. The van der Waals surface area contributed by atoms with Gasteiger partial charge in [0.25, 0.3) is 0 Å². The molecule has 0 bridgehead atoms. The topological polar surface area (TPSA) is 56.1 Å². The lowest BCUT2D eigenvalue weighted by Crippen LogP contribution is -2.23. The summed E-state index contributed by atoms with van der Waals surface area (Å²) in [5, 5.41) is 5.71. The maximum absolute atomic E-state index is 6.14. The van der Waals surface area contributed by atoms with Gasteiger partial charge in [-0.15, -0.1) is 0 Å². The highest BCUT2D eigenvalue weighted by molar-refractivity contribution is 6.28. The number of halogens is 1. The van der Waals surface area contributed by atoms with Crippen molar-refractivity contribution in [3.05, 3.63) is 11.5 Å². The van der Waals surface area contributed by atoms with E-state index < -0.39 is 0 Å². The molecule has 2 aromatic heterocycles. The third kappa shape index (κ3) is 2.08. The predicted octanol–water partition coefficient (Wildman–Crippen LogP) is 2.14. The first kappa shape index (κ1) is 13.3. The number of hydrogen-bond donors (Lipinski definition) is 0. The Hall–Kier alpha value is -1.40. The smallest absolute Gasteiger partial charge is 0.226 e. The fourth-order valence-electron chi connectivity index (χ4n) is 3.36. The number of nitrogens with zero attached hydrogens (tertiary/aromatic N) is 5. The highest BCUT2D eigenvalue weighted by Crippen LogP contribution is 2.35. The van der Waals surface area contributed by atoms with Gasteiger partial charge in [-0.25, -0.2) is 4.68 Å². The normalized spacial score (nSPS) is 25.2. The van der Waals surface area contributed by atoms with Crippen LogP contribution in [0.4, 0.5) is 5.82 Å². The van der Waals surface area contributed by atoms with Crippen molar-refractivity contribution >= 4 is 28.5 Å². The van der Waals surface area contributed by atoms with E-state index >= 15 is 0 Å². The zero-order chi connectivity index (χ0) is 14.6. The second kappa shape index (κ2) is 4.81. The number of ether oxygens (including phenoxy) is 1. The van der Waals surface area contributed by atoms with Crippen LogP contribution < -0.4 is 4.90 Å². The Labute approximate surface area is 128 Å². The van der Waals surface area contributed by atoms with Gasteiger partial charge in [-0.3, -0.25) is 0 Å². The molecule has 0 spiro atoms. The van der Waals surface area contributed by atoms with Crippen LogP contribution in [0.1, 0.15) is 19.9 Å². The summed E-state index contributed by atoms with van der Waals surface area (Å²) in [6, 6.07) is 0.243. The molecule has 0 radical (unpaired) electrons. The first-order valence-corrected chi connectivity index (χ1v) is 7.74. The summed E-state index contributed by atoms with van der Waals surface area (Å²) in [4.78, 5) is 11.1. The quantitative estimate of drug-likeness (QED) is 0.796. The van der Waals surface area contributed by atoms with Crippen molar-refractivity contribution in [1.29, 1.82) is 0 Å². The summed E-state index contributed by atoms with van der Waals surface area (Å²) in [5.74, 6) is 2.12. The standard InChI is InChI=1S/C14H18ClN5O/c1-8(2)20-13-11(3-16-20)12(17-14(15)18-13)19-4-9-6-21-7-10(9)5-19/h3,8-10H,4-7H2,1-2H3/t9-,10+. The van der Waals surface area contributed by atoms with Crippen LogP contribution in [0, 0.1) is 11.8 Å². The molecule has 21 heavy (non-hydrogen) atoms. The Morgan fingerprint density at radius 1 is 1.24 bits per heavy atom. The van der Waals surface area contributed by atoms with E-state index in [-0.39, 0.29) is 11.3 Å². The Morgan fingerprint density at radius 2 is 1.95 bits per heavy atom. The molecule has 112 valence electrons. The Bertz CT molecular complexity index is 673. The molecule has 0 amide bonds. The second-order valence-electron chi connectivity index (χ2n) is 6.20. The molecule has 0 aliphatic carbocycles. The number of anilines is 1. The zero-order valence-electron chi connectivity index (χ0n) is 12.2. The fourth-order valence-corrected chi connectivity index (χ4v) is 3.52. The third-order valence-electron chi connectivity index (χ3n) is 4.44. The molecule has 2 fully saturated rings. The summed E-state index contributed by atoms with van der Waals surface area (Å²) < 4.78 is 7.44. The van der Waals surface area contributed by atoms with Gasteiger partial charge in [0.2, 0.25) is 5.28 Å². The van der Waals surface area contributed by atoms with Crippen LogP contribution >= 0.6 is 11.6 Å². The van der Waals surface area contributed by atoms with E-state index in [9.17, 15) is 0 Å². The van der Waals surface area contributed by atoms with Gasteiger partial charge in [-0.2, -0.15) is 15.1 Å². The van der Waals surface area contributed by atoms with Crippen LogP contribution in [0.25, 0.3) is 11.0 Å². The van der Waals surface area contributed by atoms with E-state index in [4.69, 9.17) is 16.3 Å². The minimum Gasteiger partial charge on any atom is -0.381 e. The molecule has 4 rings (SSSR count). The van der Waals surface area contributed by atoms with E-state index in [1.807, 2.05) is 10.9 Å². The largest absolute Gasteiger partial charge is 0.381 e. The number of fused-ring (bicyclic) bond motifs is 2. The van der Waals surface area contributed by atoms with Crippen molar-refractivity contribution in [2.75, 3.05) is 31.2 Å². The van der Waals surface area contributed by atoms with Crippen LogP contribution in [0.5, 0.6) is 0 Å². The molecule has 0 unspecified atom stereocenters. The zero-order valence-corrected chi connectivity index (χ0v) is 12.9.